The van der Waals surface area contributed by atoms with Gasteiger partial charge in [-0.25, -0.2) is 0 Å². The van der Waals surface area contributed by atoms with Gasteiger partial charge in [0.2, 0.25) is 0 Å². The molecule has 0 aliphatic rings. The zero-order valence-corrected chi connectivity index (χ0v) is 7.58. The number of hydrogen-bond acceptors (Lipinski definition) is 2. The van der Waals surface area contributed by atoms with Crippen molar-refractivity contribution in [3.8, 4) is 0 Å². The zero-order chi connectivity index (χ0) is 9.68. The van der Waals surface area contributed by atoms with E-state index in [0.717, 1.165) is 17.7 Å². The maximum absolute atomic E-state index is 10.4. The van der Waals surface area contributed by atoms with Crippen molar-refractivity contribution in [1.82, 2.24) is 5.32 Å². The fraction of sp³-hybridized carbons (Fsp3) is 0.300. The molecule has 13 heavy (non-hydrogen) atoms. The second-order valence-corrected chi connectivity index (χ2v) is 2.92. The summed E-state index contributed by atoms with van der Waals surface area (Å²) in [6.07, 6.45) is 0.0948. The fourth-order valence-electron chi connectivity index (χ4n) is 1.23. The zero-order valence-electron chi connectivity index (χ0n) is 7.58. The molecule has 3 nitrogen and oxygen atoms in total. The number of carboxylic acid groups (broad SMARTS) is 1. The molecule has 0 aromatic heterocycles. The third-order valence-corrected chi connectivity index (χ3v) is 1.73. The van der Waals surface area contributed by atoms with E-state index in [1.165, 1.54) is 0 Å². The van der Waals surface area contributed by atoms with Gasteiger partial charge in [-0.05, 0) is 18.2 Å². The maximum atomic E-state index is 10.4. The lowest BCUT2D eigenvalue weighted by atomic mass is 10.1. The lowest BCUT2D eigenvalue weighted by Gasteiger charge is -2.02. The van der Waals surface area contributed by atoms with E-state index >= 15 is 0 Å². The Labute approximate surface area is 77.4 Å². The molecule has 0 aliphatic heterocycles. The van der Waals surface area contributed by atoms with Crippen LogP contribution >= 0.6 is 0 Å². The molecular formula is C10H13NO2. The Morgan fingerprint density at radius 3 is 2.77 bits per heavy atom. The molecule has 1 rings (SSSR count). The Hall–Kier alpha value is -1.35. The summed E-state index contributed by atoms with van der Waals surface area (Å²) < 4.78 is 0. The molecule has 0 heterocycles. The lowest BCUT2D eigenvalue weighted by Crippen LogP contribution is -2.06. The van der Waals surface area contributed by atoms with Crippen LogP contribution in [0.1, 0.15) is 11.1 Å². The average Bonchev–Trinajstić information content (AvgIpc) is 2.04. The minimum Gasteiger partial charge on any atom is -0.481 e. The van der Waals surface area contributed by atoms with Crippen molar-refractivity contribution >= 4 is 5.97 Å². The molecular weight excluding hydrogens is 166 g/mol. The Morgan fingerprint density at radius 1 is 1.46 bits per heavy atom. The monoisotopic (exact) mass is 179 g/mol. The molecule has 2 N–H and O–H groups in total. The van der Waals surface area contributed by atoms with Crippen molar-refractivity contribution in [3.05, 3.63) is 35.4 Å². The summed E-state index contributed by atoms with van der Waals surface area (Å²) in [5.74, 6) is -0.790. The highest BCUT2D eigenvalue weighted by molar-refractivity contribution is 5.70. The van der Waals surface area contributed by atoms with Gasteiger partial charge < -0.3 is 10.4 Å². The minimum absolute atomic E-state index is 0.0948. The van der Waals surface area contributed by atoms with E-state index in [4.69, 9.17) is 5.11 Å². The predicted molar refractivity (Wildman–Crippen MR) is 50.5 cm³/mol. The van der Waals surface area contributed by atoms with Crippen LogP contribution in [0.5, 0.6) is 0 Å². The van der Waals surface area contributed by atoms with Gasteiger partial charge in [0.25, 0.3) is 0 Å². The van der Waals surface area contributed by atoms with Gasteiger partial charge in [-0.3, -0.25) is 4.79 Å². The molecule has 1 aromatic carbocycles. The molecule has 0 aliphatic carbocycles. The van der Waals surface area contributed by atoms with Crippen molar-refractivity contribution in [1.29, 1.82) is 0 Å². The van der Waals surface area contributed by atoms with E-state index in [9.17, 15) is 4.79 Å². The molecule has 0 saturated carbocycles. The van der Waals surface area contributed by atoms with Crippen molar-refractivity contribution < 1.29 is 9.90 Å². The molecule has 0 radical (unpaired) electrons. The van der Waals surface area contributed by atoms with Gasteiger partial charge in [-0.2, -0.15) is 0 Å². The van der Waals surface area contributed by atoms with Crippen molar-refractivity contribution in [2.24, 2.45) is 0 Å². The van der Waals surface area contributed by atoms with Gasteiger partial charge in [0.1, 0.15) is 0 Å². The van der Waals surface area contributed by atoms with Gasteiger partial charge in [0, 0.05) is 6.54 Å². The minimum atomic E-state index is -0.790. The van der Waals surface area contributed by atoms with E-state index < -0.39 is 5.97 Å². The third kappa shape index (κ3) is 3.25. The van der Waals surface area contributed by atoms with Crippen LogP contribution in [0.25, 0.3) is 0 Å². The highest BCUT2D eigenvalue weighted by Crippen LogP contribution is 2.05. The first-order valence-corrected chi connectivity index (χ1v) is 4.16. The molecule has 0 fully saturated rings. The number of nitrogens with one attached hydrogen (secondary N) is 1. The summed E-state index contributed by atoms with van der Waals surface area (Å²) in [6, 6.07) is 7.59. The second kappa shape index (κ2) is 4.62. The number of rotatable bonds is 4. The molecule has 0 amide bonds. The van der Waals surface area contributed by atoms with E-state index in [1.807, 2.05) is 31.3 Å². The second-order valence-electron chi connectivity index (χ2n) is 2.92. The normalized spacial score (nSPS) is 9.92. The first-order valence-electron chi connectivity index (χ1n) is 4.16. The number of carboxylic acids is 1. The first-order chi connectivity index (χ1) is 6.22. The van der Waals surface area contributed by atoms with Crippen LogP contribution in [0, 0.1) is 0 Å². The summed E-state index contributed by atoms with van der Waals surface area (Å²) in [6.45, 7) is 0.771. The Bertz CT molecular complexity index is 297. The number of benzene rings is 1. The number of hydrogen-bond donors (Lipinski definition) is 2. The van der Waals surface area contributed by atoms with E-state index in [0.29, 0.717) is 0 Å². The van der Waals surface area contributed by atoms with Crippen molar-refractivity contribution in [3.63, 3.8) is 0 Å². The van der Waals surface area contributed by atoms with Gasteiger partial charge >= 0.3 is 5.97 Å². The van der Waals surface area contributed by atoms with Crippen LogP contribution in [0.3, 0.4) is 0 Å². The standard InChI is InChI=1S/C10H13NO2/c1-11-7-9-4-2-3-8(5-9)6-10(12)13/h2-5,11H,6-7H2,1H3,(H,12,13). The number of carbonyl (C=O) groups is 1. The molecule has 3 heteroatoms. The molecule has 0 bridgehead atoms. The highest BCUT2D eigenvalue weighted by Gasteiger charge is 2.00. The molecule has 0 unspecified atom stereocenters. The summed E-state index contributed by atoms with van der Waals surface area (Å²) in [5.41, 5.74) is 1.96. The highest BCUT2D eigenvalue weighted by atomic mass is 16.4. The van der Waals surface area contributed by atoms with Gasteiger partial charge in [0.05, 0.1) is 6.42 Å². The molecule has 70 valence electrons. The fourth-order valence-corrected chi connectivity index (χ4v) is 1.23. The lowest BCUT2D eigenvalue weighted by molar-refractivity contribution is -0.136. The van der Waals surface area contributed by atoms with Crippen molar-refractivity contribution in [2.45, 2.75) is 13.0 Å². The molecule has 0 atom stereocenters. The van der Waals surface area contributed by atoms with Gasteiger partial charge in [0.15, 0.2) is 0 Å². The van der Waals surface area contributed by atoms with E-state index in [-0.39, 0.29) is 6.42 Å². The molecule has 0 saturated heterocycles. The van der Waals surface area contributed by atoms with Crippen LogP contribution in [0.4, 0.5) is 0 Å². The van der Waals surface area contributed by atoms with Crippen LogP contribution in [-0.4, -0.2) is 18.1 Å². The smallest absolute Gasteiger partial charge is 0.307 e. The van der Waals surface area contributed by atoms with Crippen LogP contribution in [0.15, 0.2) is 24.3 Å². The summed E-state index contributed by atoms with van der Waals surface area (Å²) in [4.78, 5) is 10.4. The van der Waals surface area contributed by atoms with Crippen molar-refractivity contribution in [2.75, 3.05) is 7.05 Å². The van der Waals surface area contributed by atoms with E-state index in [2.05, 4.69) is 5.32 Å². The first kappa shape index (κ1) is 9.74. The van der Waals surface area contributed by atoms with Gasteiger partial charge in [-0.15, -0.1) is 0 Å². The quantitative estimate of drug-likeness (QED) is 0.725. The van der Waals surface area contributed by atoms with E-state index in [1.54, 1.807) is 0 Å². The molecule has 1 aromatic rings. The third-order valence-electron chi connectivity index (χ3n) is 1.73. The van der Waals surface area contributed by atoms with Crippen LogP contribution in [-0.2, 0) is 17.8 Å². The topological polar surface area (TPSA) is 49.3 Å². The maximum Gasteiger partial charge on any atom is 0.307 e. The largest absolute Gasteiger partial charge is 0.481 e. The number of aliphatic carboxylic acids is 1. The van der Waals surface area contributed by atoms with Crippen LogP contribution in [0.2, 0.25) is 0 Å². The van der Waals surface area contributed by atoms with Gasteiger partial charge in [-0.1, -0.05) is 24.3 Å². The Balaban J connectivity index is 2.73. The average molecular weight is 179 g/mol. The Morgan fingerprint density at radius 2 is 2.15 bits per heavy atom. The predicted octanol–water partition coefficient (Wildman–Crippen LogP) is 1.03. The summed E-state index contributed by atoms with van der Waals surface area (Å²) in [7, 11) is 1.86. The summed E-state index contributed by atoms with van der Waals surface area (Å²) >= 11 is 0. The Kier molecular flexibility index (Phi) is 3.46. The van der Waals surface area contributed by atoms with Crippen LogP contribution < -0.4 is 5.32 Å². The summed E-state index contributed by atoms with van der Waals surface area (Å²) in [5, 5.41) is 11.6. The molecule has 0 spiro atoms. The SMILES string of the molecule is CNCc1cccc(CC(=O)O)c1.